The van der Waals surface area contributed by atoms with E-state index in [9.17, 15) is 24.6 Å². The number of carboxylic acid groups (broad SMARTS) is 2. The van der Waals surface area contributed by atoms with Gasteiger partial charge in [0.25, 0.3) is 0 Å². The molecule has 1 heterocycles. The Morgan fingerprint density at radius 2 is 1.83 bits per heavy atom. The summed E-state index contributed by atoms with van der Waals surface area (Å²) in [5.74, 6) is -2.06. The van der Waals surface area contributed by atoms with E-state index in [0.29, 0.717) is 19.3 Å². The zero-order chi connectivity index (χ0) is 21.0. The minimum atomic E-state index is -1.01. The molecule has 1 aromatic carbocycles. The molecule has 0 bridgehead atoms. The normalized spacial score (nSPS) is 25.8. The van der Waals surface area contributed by atoms with Crippen molar-refractivity contribution in [3.63, 3.8) is 0 Å². The van der Waals surface area contributed by atoms with Gasteiger partial charge in [0.2, 0.25) is 5.91 Å². The van der Waals surface area contributed by atoms with Gasteiger partial charge in [0, 0.05) is 6.04 Å². The Balaban J connectivity index is 1.66. The van der Waals surface area contributed by atoms with Gasteiger partial charge in [0.05, 0.1) is 6.04 Å². The van der Waals surface area contributed by atoms with Crippen molar-refractivity contribution in [3.05, 3.63) is 35.9 Å². The maximum absolute atomic E-state index is 13.2. The van der Waals surface area contributed by atoms with Crippen LogP contribution in [-0.2, 0) is 20.8 Å². The largest absolute Gasteiger partial charge is 0.480 e. The summed E-state index contributed by atoms with van der Waals surface area (Å²) in [5, 5.41) is 22.2. The number of aryl methyl sites for hydroxylation is 1. The molecule has 3 N–H and O–H groups in total. The number of aliphatic carboxylic acids is 2. The molecular formula is C22H30N2O5. The number of nitrogens with zero attached hydrogens (tertiary/aromatic N) is 1. The molecule has 5 atom stereocenters. The molecule has 7 nitrogen and oxygen atoms in total. The van der Waals surface area contributed by atoms with Crippen LogP contribution in [0.4, 0.5) is 0 Å². The Bertz CT molecular complexity index is 738. The van der Waals surface area contributed by atoms with Gasteiger partial charge in [0.1, 0.15) is 12.1 Å². The van der Waals surface area contributed by atoms with Crippen molar-refractivity contribution < 1.29 is 24.6 Å². The molecule has 1 saturated heterocycles. The highest BCUT2D eigenvalue weighted by Crippen LogP contribution is 2.40. The average molecular weight is 402 g/mol. The monoisotopic (exact) mass is 402 g/mol. The molecule has 7 heteroatoms. The summed E-state index contributed by atoms with van der Waals surface area (Å²) in [7, 11) is 0. The van der Waals surface area contributed by atoms with E-state index in [4.69, 9.17) is 0 Å². The first-order chi connectivity index (χ1) is 13.9. The second-order valence-corrected chi connectivity index (χ2v) is 8.25. The molecule has 1 aromatic rings. The highest BCUT2D eigenvalue weighted by Gasteiger charge is 2.48. The van der Waals surface area contributed by atoms with Crippen molar-refractivity contribution in [3.8, 4) is 0 Å². The SMILES string of the molecule is C[C@H](N[C@@H](CCc1ccccc1)C(=O)O)C(=O)N1[C@H](C(=O)O)C[C@H]2CCCC[C@@H]21. The number of amides is 1. The van der Waals surface area contributed by atoms with Crippen molar-refractivity contribution in [2.24, 2.45) is 5.92 Å². The van der Waals surface area contributed by atoms with Crippen molar-refractivity contribution in [2.45, 2.75) is 76.0 Å². The minimum absolute atomic E-state index is 0.0470. The average Bonchev–Trinajstić information content (AvgIpc) is 3.10. The Labute approximate surface area is 171 Å². The molecule has 2 aliphatic rings. The maximum Gasteiger partial charge on any atom is 0.326 e. The fraction of sp³-hybridized carbons (Fsp3) is 0.591. The molecule has 0 spiro atoms. The first-order valence-electron chi connectivity index (χ1n) is 10.5. The van der Waals surface area contributed by atoms with Gasteiger partial charge in [-0.3, -0.25) is 14.9 Å². The van der Waals surface area contributed by atoms with Crippen LogP contribution in [0.3, 0.4) is 0 Å². The number of nitrogens with one attached hydrogen (secondary N) is 1. The predicted molar refractivity (Wildman–Crippen MR) is 107 cm³/mol. The summed E-state index contributed by atoms with van der Waals surface area (Å²) in [4.78, 5) is 38.2. The molecule has 29 heavy (non-hydrogen) atoms. The number of carboxylic acids is 2. The lowest BCUT2D eigenvalue weighted by Gasteiger charge is -2.35. The van der Waals surface area contributed by atoms with E-state index in [0.717, 1.165) is 31.2 Å². The number of carbonyl (C=O) groups excluding carboxylic acids is 1. The van der Waals surface area contributed by atoms with Gasteiger partial charge in [0.15, 0.2) is 0 Å². The molecule has 3 rings (SSSR count). The van der Waals surface area contributed by atoms with E-state index in [-0.39, 0.29) is 17.9 Å². The molecule has 1 aliphatic heterocycles. The van der Waals surface area contributed by atoms with E-state index in [2.05, 4.69) is 5.32 Å². The van der Waals surface area contributed by atoms with Crippen molar-refractivity contribution >= 4 is 17.8 Å². The topological polar surface area (TPSA) is 107 Å². The van der Waals surface area contributed by atoms with Gasteiger partial charge in [-0.2, -0.15) is 0 Å². The van der Waals surface area contributed by atoms with Gasteiger partial charge in [-0.1, -0.05) is 43.2 Å². The molecule has 1 saturated carbocycles. The summed E-state index contributed by atoms with van der Waals surface area (Å²) < 4.78 is 0. The zero-order valence-electron chi connectivity index (χ0n) is 16.8. The van der Waals surface area contributed by atoms with Gasteiger partial charge in [-0.05, 0) is 50.5 Å². The predicted octanol–water partition coefficient (Wildman–Crippen LogP) is 2.29. The fourth-order valence-corrected chi connectivity index (χ4v) is 4.83. The number of rotatable bonds is 8. The molecule has 0 unspecified atom stereocenters. The lowest BCUT2D eigenvalue weighted by atomic mass is 9.84. The second kappa shape index (κ2) is 9.39. The van der Waals surface area contributed by atoms with Gasteiger partial charge in [-0.25, -0.2) is 4.79 Å². The van der Waals surface area contributed by atoms with Gasteiger partial charge < -0.3 is 15.1 Å². The third-order valence-electron chi connectivity index (χ3n) is 6.31. The minimum Gasteiger partial charge on any atom is -0.480 e. The molecular weight excluding hydrogens is 372 g/mol. The number of hydrogen-bond donors (Lipinski definition) is 3. The summed E-state index contributed by atoms with van der Waals surface area (Å²) in [5.41, 5.74) is 1.04. The van der Waals surface area contributed by atoms with Crippen LogP contribution in [0.5, 0.6) is 0 Å². The molecule has 1 amide bonds. The Kier molecular flexibility index (Phi) is 6.90. The summed E-state index contributed by atoms with van der Waals surface area (Å²) in [6.07, 6.45) is 5.27. The number of fused-ring (bicyclic) bond motifs is 1. The first-order valence-corrected chi connectivity index (χ1v) is 10.5. The van der Waals surface area contributed by atoms with Crippen LogP contribution in [0.25, 0.3) is 0 Å². The van der Waals surface area contributed by atoms with Crippen LogP contribution in [0.2, 0.25) is 0 Å². The smallest absolute Gasteiger partial charge is 0.326 e. The maximum atomic E-state index is 13.2. The number of carbonyl (C=O) groups is 3. The highest BCUT2D eigenvalue weighted by atomic mass is 16.4. The third-order valence-corrected chi connectivity index (χ3v) is 6.31. The molecule has 158 valence electrons. The van der Waals surface area contributed by atoms with E-state index >= 15 is 0 Å². The molecule has 0 aromatic heterocycles. The number of benzene rings is 1. The number of hydrogen-bond acceptors (Lipinski definition) is 4. The van der Waals surface area contributed by atoms with Crippen LogP contribution in [0, 0.1) is 5.92 Å². The zero-order valence-corrected chi connectivity index (χ0v) is 16.8. The molecule has 0 radical (unpaired) electrons. The standard InChI is InChI=1S/C22H30N2O5/c1-14(23-17(21(26)27)12-11-15-7-3-2-4-8-15)20(25)24-18-10-6-5-9-16(18)13-19(24)22(28)29/h2-4,7-8,14,16-19,23H,5-6,9-13H2,1H3,(H,26,27)(H,28,29)/t14-,16+,17-,18-,19-/m0/s1. The van der Waals surface area contributed by atoms with E-state index in [1.54, 1.807) is 6.92 Å². The second-order valence-electron chi connectivity index (χ2n) is 8.25. The van der Waals surface area contributed by atoms with Crippen molar-refractivity contribution in [1.82, 2.24) is 10.2 Å². The summed E-state index contributed by atoms with van der Waals surface area (Å²) in [6, 6.07) is 7.12. The van der Waals surface area contributed by atoms with Crippen molar-refractivity contribution in [2.75, 3.05) is 0 Å². The van der Waals surface area contributed by atoms with Crippen LogP contribution in [-0.4, -0.2) is 57.1 Å². The molecule has 2 fully saturated rings. The van der Waals surface area contributed by atoms with Crippen LogP contribution in [0.15, 0.2) is 30.3 Å². The summed E-state index contributed by atoms with van der Waals surface area (Å²) >= 11 is 0. The lowest BCUT2D eigenvalue weighted by Crippen LogP contribution is -2.55. The Morgan fingerprint density at radius 3 is 2.48 bits per heavy atom. The Hall–Kier alpha value is -2.41. The fourth-order valence-electron chi connectivity index (χ4n) is 4.83. The van der Waals surface area contributed by atoms with Crippen LogP contribution < -0.4 is 5.32 Å². The van der Waals surface area contributed by atoms with E-state index in [1.807, 2.05) is 30.3 Å². The van der Waals surface area contributed by atoms with Crippen LogP contribution in [0.1, 0.15) is 51.0 Å². The lowest BCUT2D eigenvalue weighted by molar-refractivity contribution is -0.151. The van der Waals surface area contributed by atoms with Gasteiger partial charge >= 0.3 is 11.9 Å². The highest BCUT2D eigenvalue weighted by molar-refractivity contribution is 5.88. The van der Waals surface area contributed by atoms with E-state index < -0.39 is 30.1 Å². The number of likely N-dealkylation sites (tertiary alicyclic amines) is 1. The first kappa shape index (κ1) is 21.3. The summed E-state index contributed by atoms with van der Waals surface area (Å²) in [6.45, 7) is 1.63. The molecule has 1 aliphatic carbocycles. The van der Waals surface area contributed by atoms with Gasteiger partial charge in [-0.15, -0.1) is 0 Å². The quantitative estimate of drug-likeness (QED) is 0.616. The third kappa shape index (κ3) is 4.96. The van der Waals surface area contributed by atoms with Crippen molar-refractivity contribution in [1.29, 1.82) is 0 Å². The Morgan fingerprint density at radius 1 is 1.14 bits per heavy atom. The van der Waals surface area contributed by atoms with E-state index in [1.165, 1.54) is 4.90 Å². The van der Waals surface area contributed by atoms with Crippen LogP contribution >= 0.6 is 0 Å².